The van der Waals surface area contributed by atoms with Crippen LogP contribution in [0.3, 0.4) is 0 Å². The Morgan fingerprint density at radius 2 is 1.39 bits per heavy atom. The molecule has 0 aliphatic rings. The number of aldehydes is 1. The molecular formula is C15H26N2O6. The van der Waals surface area contributed by atoms with E-state index in [4.69, 9.17) is 5.11 Å². The van der Waals surface area contributed by atoms with Gasteiger partial charge >= 0.3 is 11.9 Å². The lowest BCUT2D eigenvalue weighted by molar-refractivity contribution is -0.146. The Morgan fingerprint density at radius 3 is 1.74 bits per heavy atom. The predicted molar refractivity (Wildman–Crippen MR) is 82.8 cm³/mol. The van der Waals surface area contributed by atoms with E-state index in [1.54, 1.807) is 27.7 Å². The van der Waals surface area contributed by atoms with Gasteiger partial charge in [-0.15, -0.1) is 0 Å². The molecule has 0 fully saturated rings. The number of carbonyl (C=O) groups excluding carboxylic acids is 2. The fraction of sp³-hybridized carbons (Fsp3) is 0.733. The van der Waals surface area contributed by atoms with Crippen molar-refractivity contribution in [3.05, 3.63) is 0 Å². The smallest absolute Gasteiger partial charge is 0.326 e. The van der Waals surface area contributed by atoms with Crippen LogP contribution in [0.15, 0.2) is 0 Å². The molecule has 0 spiro atoms. The van der Waals surface area contributed by atoms with Crippen molar-refractivity contribution in [2.24, 2.45) is 23.7 Å². The Bertz CT molecular complexity index is 453. The third-order valence-corrected chi connectivity index (χ3v) is 4.44. The molecule has 0 heterocycles. The Labute approximate surface area is 135 Å². The second kappa shape index (κ2) is 9.24. The molecule has 0 aromatic heterocycles. The Kier molecular flexibility index (Phi) is 8.45. The zero-order chi connectivity index (χ0) is 18.3. The summed E-state index contributed by atoms with van der Waals surface area (Å²) in [6, 6.07) is -2.14. The average molecular weight is 330 g/mol. The monoisotopic (exact) mass is 330 g/mol. The van der Waals surface area contributed by atoms with E-state index < -0.39 is 53.6 Å². The van der Waals surface area contributed by atoms with Gasteiger partial charge in [-0.2, -0.15) is 0 Å². The van der Waals surface area contributed by atoms with Gasteiger partial charge in [0.1, 0.15) is 18.4 Å². The molecule has 0 aliphatic carbocycles. The number of carboxylic acids is 2. The van der Waals surface area contributed by atoms with Crippen molar-refractivity contribution < 1.29 is 29.4 Å². The molecule has 6 atom stereocenters. The summed E-state index contributed by atoms with van der Waals surface area (Å²) in [5.41, 5.74) is 0. The van der Waals surface area contributed by atoms with Crippen LogP contribution in [0.1, 0.15) is 27.7 Å². The number of nitrogens with one attached hydrogen (secondary N) is 2. The molecule has 132 valence electrons. The maximum atomic E-state index is 12.3. The highest BCUT2D eigenvalue weighted by molar-refractivity contribution is 5.86. The molecule has 0 rings (SSSR count). The quantitative estimate of drug-likeness (QED) is 0.413. The van der Waals surface area contributed by atoms with E-state index >= 15 is 0 Å². The summed E-state index contributed by atoms with van der Waals surface area (Å²) in [6.45, 7) is 6.29. The number of amides is 1. The topological polar surface area (TPSA) is 133 Å². The number of carbonyl (C=O) groups is 4. The van der Waals surface area contributed by atoms with Gasteiger partial charge < -0.3 is 25.6 Å². The normalized spacial score (nSPS) is 18.8. The van der Waals surface area contributed by atoms with E-state index in [-0.39, 0.29) is 0 Å². The maximum Gasteiger partial charge on any atom is 0.326 e. The van der Waals surface area contributed by atoms with Crippen molar-refractivity contribution in [2.45, 2.75) is 39.8 Å². The fourth-order valence-electron chi connectivity index (χ4n) is 2.27. The molecule has 8 nitrogen and oxygen atoms in total. The third kappa shape index (κ3) is 5.63. The van der Waals surface area contributed by atoms with Crippen molar-refractivity contribution in [2.75, 3.05) is 7.05 Å². The van der Waals surface area contributed by atoms with Gasteiger partial charge in [0.2, 0.25) is 5.91 Å². The number of rotatable bonds is 10. The van der Waals surface area contributed by atoms with Crippen molar-refractivity contribution in [1.29, 1.82) is 0 Å². The van der Waals surface area contributed by atoms with Crippen molar-refractivity contribution in [3.8, 4) is 0 Å². The number of aliphatic carboxylic acids is 2. The molecule has 4 unspecified atom stereocenters. The van der Waals surface area contributed by atoms with Crippen LogP contribution in [0.5, 0.6) is 0 Å². The highest BCUT2D eigenvalue weighted by Crippen LogP contribution is 2.19. The van der Waals surface area contributed by atoms with Gasteiger partial charge in [0, 0.05) is 11.8 Å². The molecule has 0 saturated carbocycles. The Morgan fingerprint density at radius 1 is 0.913 bits per heavy atom. The molecule has 0 aromatic rings. The summed E-state index contributed by atoms with van der Waals surface area (Å²) in [4.78, 5) is 45.6. The van der Waals surface area contributed by atoms with Crippen molar-refractivity contribution in [1.82, 2.24) is 10.6 Å². The molecule has 8 heteroatoms. The maximum absolute atomic E-state index is 12.3. The van der Waals surface area contributed by atoms with Crippen LogP contribution in [0.2, 0.25) is 0 Å². The van der Waals surface area contributed by atoms with Crippen LogP contribution < -0.4 is 10.6 Å². The van der Waals surface area contributed by atoms with E-state index in [1.807, 2.05) is 0 Å². The number of hydrogen-bond donors (Lipinski definition) is 4. The summed E-state index contributed by atoms with van der Waals surface area (Å²) in [6.07, 6.45) is 0.639. The van der Waals surface area contributed by atoms with Crippen LogP contribution in [0.25, 0.3) is 0 Å². The number of hydrogen-bond acceptors (Lipinski definition) is 5. The lowest BCUT2D eigenvalue weighted by atomic mass is 9.86. The average Bonchev–Trinajstić information content (AvgIpc) is 2.49. The first-order chi connectivity index (χ1) is 10.6. The van der Waals surface area contributed by atoms with Gasteiger partial charge in [-0.3, -0.25) is 9.59 Å². The van der Waals surface area contributed by atoms with Crippen molar-refractivity contribution >= 4 is 24.1 Å². The van der Waals surface area contributed by atoms with Crippen LogP contribution in [-0.4, -0.2) is 53.5 Å². The predicted octanol–water partition coefficient (Wildman–Crippen LogP) is -0.0283. The SMILES string of the molecule is CN[C@H](C(=O)O)C(C)C(C)C(=O)N[C@H](C(=O)O)C(C)C(C)C=O. The summed E-state index contributed by atoms with van der Waals surface area (Å²) in [5.74, 6) is -5.27. The Balaban J connectivity index is 5.09. The van der Waals surface area contributed by atoms with E-state index in [2.05, 4.69) is 10.6 Å². The largest absolute Gasteiger partial charge is 0.480 e. The summed E-state index contributed by atoms with van der Waals surface area (Å²) >= 11 is 0. The Hall–Kier alpha value is -1.96. The van der Waals surface area contributed by atoms with Gasteiger partial charge in [-0.25, -0.2) is 4.79 Å². The van der Waals surface area contributed by atoms with Gasteiger partial charge in [-0.1, -0.05) is 27.7 Å². The van der Waals surface area contributed by atoms with Gasteiger partial charge in [0.25, 0.3) is 0 Å². The minimum atomic E-state index is -1.23. The summed E-state index contributed by atoms with van der Waals surface area (Å²) in [5, 5.41) is 23.4. The van der Waals surface area contributed by atoms with Crippen LogP contribution >= 0.6 is 0 Å². The zero-order valence-corrected chi connectivity index (χ0v) is 14.1. The van der Waals surface area contributed by atoms with Crippen LogP contribution in [0.4, 0.5) is 0 Å². The number of carboxylic acid groups (broad SMARTS) is 2. The molecule has 23 heavy (non-hydrogen) atoms. The number of likely N-dealkylation sites (N-methyl/N-ethyl adjacent to an activating group) is 1. The van der Waals surface area contributed by atoms with Crippen LogP contribution in [0, 0.1) is 23.7 Å². The molecule has 0 bridgehead atoms. The van der Waals surface area contributed by atoms with Crippen molar-refractivity contribution in [3.63, 3.8) is 0 Å². The lowest BCUT2D eigenvalue weighted by Crippen LogP contribution is -2.51. The summed E-state index contributed by atoms with van der Waals surface area (Å²) in [7, 11) is 1.48. The third-order valence-electron chi connectivity index (χ3n) is 4.44. The van der Waals surface area contributed by atoms with E-state index in [9.17, 15) is 24.3 Å². The second-order valence-electron chi connectivity index (χ2n) is 5.93. The van der Waals surface area contributed by atoms with E-state index in [1.165, 1.54) is 7.05 Å². The summed E-state index contributed by atoms with van der Waals surface area (Å²) < 4.78 is 0. The zero-order valence-electron chi connectivity index (χ0n) is 14.1. The molecule has 0 aliphatic heterocycles. The highest BCUT2D eigenvalue weighted by Gasteiger charge is 2.35. The van der Waals surface area contributed by atoms with E-state index in [0.717, 1.165) is 0 Å². The first-order valence-corrected chi connectivity index (χ1v) is 7.46. The molecule has 0 radical (unpaired) electrons. The second-order valence-corrected chi connectivity index (χ2v) is 5.93. The fourth-order valence-corrected chi connectivity index (χ4v) is 2.27. The van der Waals surface area contributed by atoms with Crippen LogP contribution in [-0.2, 0) is 19.2 Å². The first kappa shape index (κ1) is 21.0. The lowest BCUT2D eigenvalue weighted by Gasteiger charge is -2.28. The first-order valence-electron chi connectivity index (χ1n) is 7.46. The van der Waals surface area contributed by atoms with E-state index in [0.29, 0.717) is 6.29 Å². The molecule has 0 aromatic carbocycles. The molecule has 1 amide bonds. The minimum Gasteiger partial charge on any atom is -0.480 e. The minimum absolute atomic E-state index is 0.534. The molecule has 0 saturated heterocycles. The molecular weight excluding hydrogens is 304 g/mol. The highest BCUT2D eigenvalue weighted by atomic mass is 16.4. The van der Waals surface area contributed by atoms with Gasteiger partial charge in [0.15, 0.2) is 0 Å². The standard InChI is InChI=1S/C15H26N2O6/c1-7(6-18)8(2)12(15(22)23)17-13(19)10(4)9(3)11(16-5)14(20)21/h6-12,16H,1-5H3,(H,17,19)(H,20,21)(H,22,23)/t7?,8?,9?,10?,11-,12-/m0/s1. The van der Waals surface area contributed by atoms with Gasteiger partial charge in [-0.05, 0) is 18.9 Å². The molecule has 4 N–H and O–H groups in total. The van der Waals surface area contributed by atoms with Gasteiger partial charge in [0.05, 0.1) is 0 Å².